The van der Waals surface area contributed by atoms with Crippen LogP contribution in [0.15, 0.2) is 91.1 Å². The van der Waals surface area contributed by atoms with E-state index in [-0.39, 0.29) is 17.0 Å². The molecule has 0 aliphatic carbocycles. The van der Waals surface area contributed by atoms with Gasteiger partial charge in [-0.2, -0.15) is 0 Å². The Bertz CT molecular complexity index is 1520. The standard InChI is InChI=1S/C28H25N3O4S/c1-19-11-14-23(17-24(19)25-10-6-7-15-29-25)30-28(33)21-12-13-22(18-36(2,34)35)26(16-21)31-27(32)20-8-4-3-5-9-20/h3-17H,18H2,1-2H3,(H,30,33)(H,31,32). The second-order valence-electron chi connectivity index (χ2n) is 8.46. The van der Waals surface area contributed by atoms with E-state index in [1.165, 1.54) is 6.07 Å². The maximum absolute atomic E-state index is 13.1. The van der Waals surface area contributed by atoms with Crippen molar-refractivity contribution in [2.75, 3.05) is 16.9 Å². The number of rotatable bonds is 7. The minimum atomic E-state index is -3.37. The van der Waals surface area contributed by atoms with Crippen molar-refractivity contribution in [3.8, 4) is 11.3 Å². The summed E-state index contributed by atoms with van der Waals surface area (Å²) in [6, 6.07) is 24.3. The van der Waals surface area contributed by atoms with Crippen LogP contribution in [0.4, 0.5) is 11.4 Å². The molecule has 8 heteroatoms. The van der Waals surface area contributed by atoms with Gasteiger partial charge in [0, 0.05) is 40.5 Å². The maximum Gasteiger partial charge on any atom is 0.255 e. The van der Waals surface area contributed by atoms with Crippen LogP contribution in [0.25, 0.3) is 11.3 Å². The highest BCUT2D eigenvalue weighted by atomic mass is 32.2. The molecule has 0 radical (unpaired) electrons. The topological polar surface area (TPSA) is 105 Å². The van der Waals surface area contributed by atoms with Crippen LogP contribution in [0.5, 0.6) is 0 Å². The van der Waals surface area contributed by atoms with Crippen LogP contribution in [0.2, 0.25) is 0 Å². The molecule has 7 nitrogen and oxygen atoms in total. The molecule has 0 saturated carbocycles. The van der Waals surface area contributed by atoms with Crippen LogP contribution >= 0.6 is 0 Å². The number of carbonyl (C=O) groups excluding carboxylic acids is 2. The van der Waals surface area contributed by atoms with Gasteiger partial charge in [-0.05, 0) is 66.6 Å². The SMILES string of the molecule is Cc1ccc(NC(=O)c2ccc(CS(C)(=O)=O)c(NC(=O)c3ccccc3)c2)cc1-c1ccccn1. The summed E-state index contributed by atoms with van der Waals surface area (Å²) < 4.78 is 23.9. The summed E-state index contributed by atoms with van der Waals surface area (Å²) in [6.45, 7) is 1.97. The van der Waals surface area contributed by atoms with E-state index >= 15 is 0 Å². The van der Waals surface area contributed by atoms with Crippen molar-refractivity contribution in [1.29, 1.82) is 0 Å². The fourth-order valence-corrected chi connectivity index (χ4v) is 4.54. The van der Waals surface area contributed by atoms with E-state index in [1.807, 2.05) is 37.3 Å². The number of carbonyl (C=O) groups is 2. The van der Waals surface area contributed by atoms with Crippen molar-refractivity contribution < 1.29 is 18.0 Å². The molecule has 2 N–H and O–H groups in total. The molecule has 0 aliphatic heterocycles. The Balaban J connectivity index is 1.62. The van der Waals surface area contributed by atoms with Crippen molar-refractivity contribution in [3.63, 3.8) is 0 Å². The molecule has 0 spiro atoms. The third-order valence-electron chi connectivity index (χ3n) is 5.51. The minimum Gasteiger partial charge on any atom is -0.322 e. The van der Waals surface area contributed by atoms with E-state index in [2.05, 4.69) is 15.6 Å². The Labute approximate surface area is 210 Å². The summed E-state index contributed by atoms with van der Waals surface area (Å²) in [5.74, 6) is -1.07. The molecule has 4 aromatic rings. The molecule has 0 unspecified atom stereocenters. The van der Waals surface area contributed by atoms with Gasteiger partial charge >= 0.3 is 0 Å². The van der Waals surface area contributed by atoms with E-state index < -0.39 is 21.7 Å². The molecule has 36 heavy (non-hydrogen) atoms. The number of hydrogen-bond acceptors (Lipinski definition) is 5. The molecule has 4 rings (SSSR count). The first-order valence-corrected chi connectivity index (χ1v) is 13.3. The lowest BCUT2D eigenvalue weighted by Gasteiger charge is -2.14. The van der Waals surface area contributed by atoms with Gasteiger partial charge in [0.1, 0.15) is 0 Å². The zero-order chi connectivity index (χ0) is 25.7. The smallest absolute Gasteiger partial charge is 0.255 e. The molecule has 182 valence electrons. The third-order valence-corrected chi connectivity index (χ3v) is 6.35. The predicted molar refractivity (Wildman–Crippen MR) is 142 cm³/mol. The number of sulfone groups is 1. The fraction of sp³-hybridized carbons (Fsp3) is 0.107. The monoisotopic (exact) mass is 499 g/mol. The highest BCUT2D eigenvalue weighted by Gasteiger charge is 2.16. The first-order valence-electron chi connectivity index (χ1n) is 11.2. The molecule has 3 aromatic carbocycles. The Hall–Kier alpha value is -4.30. The molecule has 0 aliphatic rings. The molecular weight excluding hydrogens is 474 g/mol. The number of nitrogens with zero attached hydrogens (tertiary/aromatic N) is 1. The molecule has 0 atom stereocenters. The van der Waals surface area contributed by atoms with Crippen molar-refractivity contribution in [2.45, 2.75) is 12.7 Å². The maximum atomic E-state index is 13.1. The largest absolute Gasteiger partial charge is 0.322 e. The Morgan fingerprint density at radius 2 is 1.53 bits per heavy atom. The Kier molecular flexibility index (Phi) is 7.26. The first-order chi connectivity index (χ1) is 17.2. The average Bonchev–Trinajstić information content (AvgIpc) is 2.86. The van der Waals surface area contributed by atoms with E-state index in [1.54, 1.807) is 54.7 Å². The minimum absolute atomic E-state index is 0.264. The van der Waals surface area contributed by atoms with Crippen molar-refractivity contribution in [2.24, 2.45) is 0 Å². The van der Waals surface area contributed by atoms with E-state index in [4.69, 9.17) is 0 Å². The Morgan fingerprint density at radius 3 is 2.22 bits per heavy atom. The number of anilines is 2. The van der Waals surface area contributed by atoms with Crippen LogP contribution < -0.4 is 10.6 Å². The van der Waals surface area contributed by atoms with Gasteiger partial charge in [0.15, 0.2) is 9.84 Å². The highest BCUT2D eigenvalue weighted by Crippen LogP contribution is 2.26. The summed E-state index contributed by atoms with van der Waals surface area (Å²) in [4.78, 5) is 30.2. The third kappa shape index (κ3) is 6.22. The molecule has 1 heterocycles. The Morgan fingerprint density at radius 1 is 0.806 bits per heavy atom. The summed E-state index contributed by atoms with van der Waals surface area (Å²) in [7, 11) is -3.37. The van der Waals surface area contributed by atoms with Gasteiger partial charge in [0.25, 0.3) is 11.8 Å². The lowest BCUT2D eigenvalue weighted by molar-refractivity contribution is 0.101. The zero-order valence-corrected chi connectivity index (χ0v) is 20.7. The number of aromatic nitrogens is 1. The number of amides is 2. The van der Waals surface area contributed by atoms with Crippen LogP contribution in [-0.2, 0) is 15.6 Å². The van der Waals surface area contributed by atoms with Gasteiger partial charge in [0.05, 0.1) is 11.4 Å². The van der Waals surface area contributed by atoms with Crippen LogP contribution in [0, 0.1) is 6.92 Å². The quantitative estimate of drug-likeness (QED) is 0.368. The molecular formula is C28H25N3O4S. The predicted octanol–water partition coefficient (Wildman–Crippen LogP) is 5.11. The van der Waals surface area contributed by atoms with Gasteiger partial charge < -0.3 is 10.6 Å². The molecule has 2 amide bonds. The van der Waals surface area contributed by atoms with Crippen LogP contribution in [-0.4, -0.2) is 31.5 Å². The summed E-state index contributed by atoms with van der Waals surface area (Å²) in [5, 5.41) is 5.63. The number of hydrogen-bond donors (Lipinski definition) is 2. The van der Waals surface area contributed by atoms with Gasteiger partial charge in [-0.1, -0.05) is 36.4 Å². The second-order valence-corrected chi connectivity index (χ2v) is 10.6. The fourth-order valence-electron chi connectivity index (χ4n) is 3.73. The number of aryl methyl sites for hydroxylation is 1. The van der Waals surface area contributed by atoms with Gasteiger partial charge in [-0.15, -0.1) is 0 Å². The van der Waals surface area contributed by atoms with Crippen LogP contribution in [0.1, 0.15) is 31.8 Å². The van der Waals surface area contributed by atoms with Gasteiger partial charge in [0.2, 0.25) is 0 Å². The van der Waals surface area contributed by atoms with Crippen LogP contribution in [0.3, 0.4) is 0 Å². The lowest BCUT2D eigenvalue weighted by Crippen LogP contribution is -2.17. The van der Waals surface area contributed by atoms with Gasteiger partial charge in [-0.25, -0.2) is 8.42 Å². The molecule has 1 aromatic heterocycles. The van der Waals surface area contributed by atoms with E-state index in [0.717, 1.165) is 23.1 Å². The number of nitrogens with one attached hydrogen (secondary N) is 2. The highest BCUT2D eigenvalue weighted by molar-refractivity contribution is 7.89. The molecule has 0 saturated heterocycles. The average molecular weight is 500 g/mol. The summed E-state index contributed by atoms with van der Waals surface area (Å²) in [5.41, 5.74) is 4.64. The van der Waals surface area contributed by atoms with E-state index in [0.29, 0.717) is 16.8 Å². The van der Waals surface area contributed by atoms with E-state index in [9.17, 15) is 18.0 Å². The molecule has 0 fully saturated rings. The number of pyridine rings is 1. The number of benzene rings is 3. The van der Waals surface area contributed by atoms with Crippen molar-refractivity contribution >= 4 is 33.0 Å². The van der Waals surface area contributed by atoms with Crippen molar-refractivity contribution in [3.05, 3.63) is 113 Å². The normalized spacial score (nSPS) is 11.1. The van der Waals surface area contributed by atoms with Crippen molar-refractivity contribution in [1.82, 2.24) is 4.98 Å². The zero-order valence-electron chi connectivity index (χ0n) is 19.9. The summed E-state index contributed by atoms with van der Waals surface area (Å²) >= 11 is 0. The summed E-state index contributed by atoms with van der Waals surface area (Å²) in [6.07, 6.45) is 2.83. The lowest BCUT2D eigenvalue weighted by atomic mass is 10.0. The van der Waals surface area contributed by atoms with Gasteiger partial charge in [-0.3, -0.25) is 14.6 Å². The molecule has 0 bridgehead atoms. The second kappa shape index (κ2) is 10.5. The first kappa shape index (κ1) is 24.8.